The minimum Gasteiger partial charge on any atom is -0.481 e. The first kappa shape index (κ1) is 15.4. The molecule has 2 N–H and O–H groups in total. The molecule has 0 saturated heterocycles. The Balaban J connectivity index is 2.25. The highest BCUT2D eigenvalue weighted by molar-refractivity contribution is 5.31. The molecule has 0 fully saturated rings. The van der Waals surface area contributed by atoms with Crippen LogP contribution in [0.3, 0.4) is 0 Å². The number of hydrogen-bond donors (Lipinski definition) is 1. The Bertz CT molecular complexity index is 567. The number of furan rings is 1. The average Bonchev–Trinajstić information content (AvgIpc) is 2.97. The van der Waals surface area contributed by atoms with Crippen LogP contribution in [0.25, 0.3) is 0 Å². The standard InChI is InChI=1S/C15H16F3NO2/c1-2-12(19)14(13-7-4-8-20-13)21-11-6-3-5-10(9-11)15(16,17)18/h3-9,12,14H,2,19H2,1H3. The Hall–Kier alpha value is -1.95. The smallest absolute Gasteiger partial charge is 0.416 e. The quantitative estimate of drug-likeness (QED) is 0.902. The van der Waals surface area contributed by atoms with Crippen LogP contribution in [0.1, 0.15) is 30.8 Å². The molecule has 0 aliphatic rings. The summed E-state index contributed by atoms with van der Waals surface area (Å²) >= 11 is 0. The molecule has 0 bridgehead atoms. The maximum absolute atomic E-state index is 12.7. The van der Waals surface area contributed by atoms with E-state index in [9.17, 15) is 13.2 Å². The van der Waals surface area contributed by atoms with Crippen molar-refractivity contribution in [1.29, 1.82) is 0 Å². The predicted molar refractivity (Wildman–Crippen MR) is 71.8 cm³/mol. The highest BCUT2D eigenvalue weighted by atomic mass is 19.4. The lowest BCUT2D eigenvalue weighted by Gasteiger charge is -2.23. The predicted octanol–water partition coefficient (Wildman–Crippen LogP) is 4.16. The second-order valence-electron chi connectivity index (χ2n) is 4.65. The molecule has 21 heavy (non-hydrogen) atoms. The maximum atomic E-state index is 12.7. The Kier molecular flexibility index (Phi) is 4.57. The summed E-state index contributed by atoms with van der Waals surface area (Å²) in [7, 11) is 0. The van der Waals surface area contributed by atoms with E-state index >= 15 is 0 Å². The number of halogens is 3. The Morgan fingerprint density at radius 2 is 2.00 bits per heavy atom. The molecule has 2 unspecified atom stereocenters. The fraction of sp³-hybridized carbons (Fsp3) is 0.333. The van der Waals surface area contributed by atoms with Gasteiger partial charge in [-0.3, -0.25) is 0 Å². The molecular weight excluding hydrogens is 283 g/mol. The normalized spacial score (nSPS) is 14.7. The third-order valence-corrected chi connectivity index (χ3v) is 3.11. The van der Waals surface area contributed by atoms with Crippen LogP contribution in [0.15, 0.2) is 47.1 Å². The first-order chi connectivity index (χ1) is 9.91. The number of benzene rings is 1. The van der Waals surface area contributed by atoms with Crippen molar-refractivity contribution in [2.24, 2.45) is 5.73 Å². The third kappa shape index (κ3) is 3.78. The highest BCUT2D eigenvalue weighted by Gasteiger charge is 2.31. The van der Waals surface area contributed by atoms with Gasteiger partial charge in [0.05, 0.1) is 11.8 Å². The van der Waals surface area contributed by atoms with Crippen molar-refractivity contribution < 1.29 is 22.3 Å². The minimum absolute atomic E-state index is 0.107. The molecule has 0 aliphatic heterocycles. The van der Waals surface area contributed by atoms with Crippen molar-refractivity contribution in [3.8, 4) is 5.75 Å². The van der Waals surface area contributed by atoms with Crippen molar-refractivity contribution in [1.82, 2.24) is 0 Å². The number of ether oxygens (including phenoxy) is 1. The van der Waals surface area contributed by atoms with E-state index < -0.39 is 17.8 Å². The second-order valence-corrected chi connectivity index (χ2v) is 4.65. The van der Waals surface area contributed by atoms with E-state index in [1.165, 1.54) is 18.4 Å². The molecule has 2 aromatic rings. The van der Waals surface area contributed by atoms with E-state index in [0.29, 0.717) is 12.2 Å². The molecule has 1 aromatic heterocycles. The van der Waals surface area contributed by atoms with Gasteiger partial charge in [0.2, 0.25) is 0 Å². The van der Waals surface area contributed by atoms with Gasteiger partial charge in [-0.1, -0.05) is 13.0 Å². The monoisotopic (exact) mass is 299 g/mol. The zero-order valence-electron chi connectivity index (χ0n) is 11.4. The van der Waals surface area contributed by atoms with E-state index in [1.54, 1.807) is 12.1 Å². The molecule has 0 aliphatic carbocycles. The summed E-state index contributed by atoms with van der Waals surface area (Å²) in [4.78, 5) is 0. The van der Waals surface area contributed by atoms with Gasteiger partial charge in [-0.2, -0.15) is 13.2 Å². The summed E-state index contributed by atoms with van der Waals surface area (Å²) < 4.78 is 49.0. The fourth-order valence-electron chi connectivity index (χ4n) is 1.92. The topological polar surface area (TPSA) is 48.4 Å². The maximum Gasteiger partial charge on any atom is 0.416 e. The largest absolute Gasteiger partial charge is 0.481 e. The number of nitrogens with two attached hydrogens (primary N) is 1. The fourth-order valence-corrected chi connectivity index (χ4v) is 1.92. The molecule has 1 heterocycles. The van der Waals surface area contributed by atoms with E-state index in [1.807, 2.05) is 6.92 Å². The van der Waals surface area contributed by atoms with Crippen LogP contribution in [0, 0.1) is 0 Å². The van der Waals surface area contributed by atoms with E-state index in [0.717, 1.165) is 12.1 Å². The molecule has 2 atom stereocenters. The van der Waals surface area contributed by atoms with Gasteiger partial charge in [-0.05, 0) is 36.8 Å². The first-order valence-corrected chi connectivity index (χ1v) is 6.54. The van der Waals surface area contributed by atoms with Gasteiger partial charge in [0.1, 0.15) is 11.5 Å². The van der Waals surface area contributed by atoms with Gasteiger partial charge in [-0.25, -0.2) is 0 Å². The molecule has 0 spiro atoms. The SMILES string of the molecule is CCC(N)C(Oc1cccc(C(F)(F)F)c1)c1ccco1. The summed E-state index contributed by atoms with van der Waals surface area (Å²) in [5, 5.41) is 0. The van der Waals surface area contributed by atoms with Gasteiger partial charge >= 0.3 is 6.18 Å². The summed E-state index contributed by atoms with van der Waals surface area (Å²) in [6.07, 6.45) is -2.97. The number of rotatable bonds is 5. The summed E-state index contributed by atoms with van der Waals surface area (Å²) in [6, 6.07) is 7.70. The molecule has 6 heteroatoms. The molecule has 0 radical (unpaired) electrons. The molecule has 2 rings (SSSR count). The van der Waals surface area contributed by atoms with Crippen molar-refractivity contribution in [2.75, 3.05) is 0 Å². The van der Waals surface area contributed by atoms with Crippen LogP contribution >= 0.6 is 0 Å². The van der Waals surface area contributed by atoms with E-state index in [-0.39, 0.29) is 11.8 Å². The average molecular weight is 299 g/mol. The van der Waals surface area contributed by atoms with Crippen LogP contribution < -0.4 is 10.5 Å². The second kappa shape index (κ2) is 6.22. The summed E-state index contributed by atoms with van der Waals surface area (Å²) in [6.45, 7) is 1.87. The number of hydrogen-bond acceptors (Lipinski definition) is 3. The zero-order chi connectivity index (χ0) is 15.5. The third-order valence-electron chi connectivity index (χ3n) is 3.11. The van der Waals surface area contributed by atoms with Gasteiger partial charge < -0.3 is 14.9 Å². The van der Waals surface area contributed by atoms with Crippen molar-refractivity contribution >= 4 is 0 Å². The van der Waals surface area contributed by atoms with Gasteiger partial charge in [0.15, 0.2) is 6.10 Å². The van der Waals surface area contributed by atoms with Crippen LogP contribution in [-0.2, 0) is 6.18 Å². The first-order valence-electron chi connectivity index (χ1n) is 6.54. The van der Waals surface area contributed by atoms with Crippen molar-refractivity contribution in [3.05, 3.63) is 54.0 Å². The minimum atomic E-state index is -4.41. The lowest BCUT2D eigenvalue weighted by molar-refractivity contribution is -0.137. The highest BCUT2D eigenvalue weighted by Crippen LogP contribution is 2.33. The molecule has 0 amide bonds. The van der Waals surface area contributed by atoms with E-state index in [4.69, 9.17) is 14.9 Å². The summed E-state index contributed by atoms with van der Waals surface area (Å²) in [5.74, 6) is 0.594. The lowest BCUT2D eigenvalue weighted by Crippen LogP contribution is -2.31. The Morgan fingerprint density at radius 3 is 2.57 bits per heavy atom. The summed E-state index contributed by atoms with van der Waals surface area (Å²) in [5.41, 5.74) is 5.21. The molecule has 0 saturated carbocycles. The van der Waals surface area contributed by atoms with Crippen LogP contribution in [0.5, 0.6) is 5.75 Å². The number of alkyl halides is 3. The lowest BCUT2D eigenvalue weighted by atomic mass is 10.1. The Morgan fingerprint density at radius 1 is 1.24 bits per heavy atom. The van der Waals surface area contributed by atoms with Gasteiger partial charge in [0.25, 0.3) is 0 Å². The van der Waals surface area contributed by atoms with Crippen LogP contribution in [0.4, 0.5) is 13.2 Å². The van der Waals surface area contributed by atoms with Crippen LogP contribution in [0.2, 0.25) is 0 Å². The zero-order valence-corrected chi connectivity index (χ0v) is 11.4. The Labute approximate surface area is 120 Å². The molecule has 1 aromatic carbocycles. The van der Waals surface area contributed by atoms with Gasteiger partial charge in [-0.15, -0.1) is 0 Å². The van der Waals surface area contributed by atoms with Crippen molar-refractivity contribution in [3.63, 3.8) is 0 Å². The van der Waals surface area contributed by atoms with Gasteiger partial charge in [0, 0.05) is 6.04 Å². The molecule has 114 valence electrons. The van der Waals surface area contributed by atoms with Crippen molar-refractivity contribution in [2.45, 2.75) is 31.7 Å². The molecule has 3 nitrogen and oxygen atoms in total. The van der Waals surface area contributed by atoms with Crippen LogP contribution in [-0.4, -0.2) is 6.04 Å². The van der Waals surface area contributed by atoms with E-state index in [2.05, 4.69) is 0 Å². The molecular formula is C15H16F3NO2.